The van der Waals surface area contributed by atoms with Crippen molar-refractivity contribution < 1.29 is 4.79 Å². The summed E-state index contributed by atoms with van der Waals surface area (Å²) in [5.41, 5.74) is 3.92. The highest BCUT2D eigenvalue weighted by Gasteiger charge is 2.30. The minimum absolute atomic E-state index is 0.0894. The fraction of sp³-hybridized carbons (Fsp3) is 0.250. The number of anilines is 1. The molecule has 1 aliphatic carbocycles. The van der Waals surface area contributed by atoms with Gasteiger partial charge in [0.2, 0.25) is 5.91 Å². The third-order valence-electron chi connectivity index (χ3n) is 3.79. The minimum atomic E-state index is 0.0894. The topological polar surface area (TPSA) is 67.8 Å². The van der Waals surface area contributed by atoms with Gasteiger partial charge in [-0.25, -0.2) is 15.0 Å². The molecule has 0 spiro atoms. The molecule has 0 radical (unpaired) electrons. The number of benzene rings is 1. The fourth-order valence-corrected chi connectivity index (χ4v) is 3.28. The Labute approximate surface area is 131 Å². The molecule has 0 aliphatic heterocycles. The molecule has 1 amide bonds. The van der Waals surface area contributed by atoms with Crippen molar-refractivity contribution in [2.75, 3.05) is 5.32 Å². The van der Waals surface area contributed by atoms with Crippen LogP contribution in [0.3, 0.4) is 0 Å². The van der Waals surface area contributed by atoms with Crippen LogP contribution in [0.15, 0.2) is 30.7 Å². The number of thiazole rings is 1. The lowest BCUT2D eigenvalue weighted by Gasteiger charge is -2.03. The lowest BCUT2D eigenvalue weighted by Crippen LogP contribution is -2.12. The second-order valence-corrected chi connectivity index (χ2v) is 6.52. The minimum Gasteiger partial charge on any atom is -0.302 e. The van der Waals surface area contributed by atoms with Gasteiger partial charge in [-0.1, -0.05) is 17.4 Å². The van der Waals surface area contributed by atoms with E-state index < -0.39 is 0 Å². The van der Waals surface area contributed by atoms with Crippen LogP contribution in [0.2, 0.25) is 0 Å². The molecular formula is C16H14N4OS. The Kier molecular flexibility index (Phi) is 3.11. The SMILES string of the molecule is Cc1ncncc1-c1ccc2nc(NC(=O)C3CC3)sc2c1. The first-order valence-corrected chi connectivity index (χ1v) is 8.01. The summed E-state index contributed by atoms with van der Waals surface area (Å²) in [7, 11) is 0. The standard InChI is InChI=1S/C16H14N4OS/c1-9-12(7-17-8-18-9)11-4-5-13-14(6-11)22-16(19-13)20-15(21)10-2-3-10/h4-8,10H,2-3H2,1H3,(H,19,20,21). The van der Waals surface area contributed by atoms with Crippen LogP contribution in [0.4, 0.5) is 5.13 Å². The third kappa shape index (κ3) is 2.46. The average molecular weight is 310 g/mol. The van der Waals surface area contributed by atoms with E-state index in [0.717, 1.165) is 39.9 Å². The number of aryl methyl sites for hydroxylation is 1. The molecule has 1 N–H and O–H groups in total. The lowest BCUT2D eigenvalue weighted by molar-refractivity contribution is -0.117. The van der Waals surface area contributed by atoms with Crippen LogP contribution in [0.25, 0.3) is 21.3 Å². The summed E-state index contributed by atoms with van der Waals surface area (Å²) < 4.78 is 1.05. The van der Waals surface area contributed by atoms with Crippen LogP contribution < -0.4 is 5.32 Å². The molecule has 1 aromatic carbocycles. The average Bonchev–Trinajstić information content (AvgIpc) is 3.28. The Hall–Kier alpha value is -2.34. The van der Waals surface area contributed by atoms with Crippen molar-refractivity contribution in [3.8, 4) is 11.1 Å². The maximum absolute atomic E-state index is 11.8. The van der Waals surface area contributed by atoms with E-state index in [4.69, 9.17) is 0 Å². The molecule has 0 unspecified atom stereocenters. The van der Waals surface area contributed by atoms with Crippen molar-refractivity contribution >= 4 is 32.6 Å². The molecule has 2 heterocycles. The number of carbonyl (C=O) groups is 1. The Bertz CT molecular complexity index is 869. The van der Waals surface area contributed by atoms with E-state index in [-0.39, 0.29) is 11.8 Å². The second-order valence-electron chi connectivity index (χ2n) is 5.49. The molecule has 110 valence electrons. The van der Waals surface area contributed by atoms with Crippen LogP contribution in [0.1, 0.15) is 18.5 Å². The van der Waals surface area contributed by atoms with Crippen molar-refractivity contribution in [1.82, 2.24) is 15.0 Å². The molecule has 3 aromatic rings. The summed E-state index contributed by atoms with van der Waals surface area (Å²) in [5.74, 6) is 0.276. The van der Waals surface area contributed by atoms with Crippen LogP contribution >= 0.6 is 11.3 Å². The van der Waals surface area contributed by atoms with Gasteiger partial charge in [-0.15, -0.1) is 0 Å². The van der Waals surface area contributed by atoms with E-state index in [1.807, 2.05) is 25.3 Å². The molecule has 6 heteroatoms. The smallest absolute Gasteiger partial charge is 0.229 e. The normalized spacial score (nSPS) is 14.2. The molecule has 4 rings (SSSR count). The Morgan fingerprint density at radius 2 is 2.23 bits per heavy atom. The Balaban J connectivity index is 1.68. The zero-order chi connectivity index (χ0) is 15.1. The summed E-state index contributed by atoms with van der Waals surface area (Å²) in [6, 6.07) is 6.06. The zero-order valence-electron chi connectivity index (χ0n) is 12.0. The largest absolute Gasteiger partial charge is 0.302 e. The highest BCUT2D eigenvalue weighted by Crippen LogP contribution is 2.33. The molecule has 2 aromatic heterocycles. The van der Waals surface area contributed by atoms with Gasteiger partial charge in [-0.05, 0) is 37.5 Å². The van der Waals surface area contributed by atoms with Gasteiger partial charge in [0.05, 0.1) is 10.2 Å². The van der Waals surface area contributed by atoms with E-state index in [0.29, 0.717) is 5.13 Å². The fourth-order valence-electron chi connectivity index (χ4n) is 2.37. The number of amides is 1. The van der Waals surface area contributed by atoms with E-state index in [1.165, 1.54) is 11.3 Å². The molecule has 0 saturated heterocycles. The number of fused-ring (bicyclic) bond motifs is 1. The first-order valence-electron chi connectivity index (χ1n) is 7.19. The van der Waals surface area contributed by atoms with Crippen LogP contribution in [0.5, 0.6) is 0 Å². The number of carbonyl (C=O) groups excluding carboxylic acids is 1. The van der Waals surface area contributed by atoms with Crippen LogP contribution in [0, 0.1) is 12.8 Å². The van der Waals surface area contributed by atoms with E-state index in [9.17, 15) is 4.79 Å². The molecule has 0 bridgehead atoms. The molecule has 0 atom stereocenters. The van der Waals surface area contributed by atoms with Crippen molar-refractivity contribution in [1.29, 1.82) is 0 Å². The van der Waals surface area contributed by atoms with Crippen molar-refractivity contribution in [3.05, 3.63) is 36.4 Å². The van der Waals surface area contributed by atoms with Crippen LogP contribution in [-0.2, 0) is 4.79 Å². The number of hydrogen-bond donors (Lipinski definition) is 1. The van der Waals surface area contributed by atoms with Gasteiger partial charge in [0.1, 0.15) is 6.33 Å². The number of nitrogens with zero attached hydrogens (tertiary/aromatic N) is 3. The van der Waals surface area contributed by atoms with E-state index in [1.54, 1.807) is 6.33 Å². The van der Waals surface area contributed by atoms with Crippen LogP contribution in [-0.4, -0.2) is 20.9 Å². The van der Waals surface area contributed by atoms with E-state index in [2.05, 4.69) is 26.3 Å². The summed E-state index contributed by atoms with van der Waals surface area (Å²) in [6.45, 7) is 1.97. The zero-order valence-corrected chi connectivity index (χ0v) is 12.9. The van der Waals surface area contributed by atoms with Crippen molar-refractivity contribution in [2.45, 2.75) is 19.8 Å². The van der Waals surface area contributed by atoms with Gasteiger partial charge < -0.3 is 5.32 Å². The molecule has 1 aliphatic rings. The predicted molar refractivity (Wildman–Crippen MR) is 86.7 cm³/mol. The summed E-state index contributed by atoms with van der Waals surface area (Å²) in [6.07, 6.45) is 5.36. The van der Waals surface area contributed by atoms with Crippen molar-refractivity contribution in [3.63, 3.8) is 0 Å². The summed E-state index contributed by atoms with van der Waals surface area (Å²) in [5, 5.41) is 3.58. The number of hydrogen-bond acceptors (Lipinski definition) is 5. The maximum atomic E-state index is 11.8. The monoisotopic (exact) mass is 310 g/mol. The summed E-state index contributed by atoms with van der Waals surface area (Å²) >= 11 is 1.50. The summed E-state index contributed by atoms with van der Waals surface area (Å²) in [4.78, 5) is 24.6. The second kappa shape index (κ2) is 5.14. The van der Waals surface area contributed by atoms with Gasteiger partial charge in [-0.3, -0.25) is 4.79 Å². The van der Waals surface area contributed by atoms with Gasteiger partial charge in [0, 0.05) is 23.4 Å². The Morgan fingerprint density at radius 3 is 3.00 bits per heavy atom. The maximum Gasteiger partial charge on any atom is 0.229 e. The lowest BCUT2D eigenvalue weighted by atomic mass is 10.1. The van der Waals surface area contributed by atoms with Gasteiger partial charge in [0.15, 0.2) is 5.13 Å². The highest BCUT2D eigenvalue weighted by atomic mass is 32.1. The first-order chi connectivity index (χ1) is 10.7. The van der Waals surface area contributed by atoms with E-state index >= 15 is 0 Å². The van der Waals surface area contributed by atoms with Gasteiger partial charge in [-0.2, -0.15) is 0 Å². The van der Waals surface area contributed by atoms with Crippen molar-refractivity contribution in [2.24, 2.45) is 5.92 Å². The van der Waals surface area contributed by atoms with Gasteiger partial charge in [0.25, 0.3) is 0 Å². The molecule has 22 heavy (non-hydrogen) atoms. The predicted octanol–water partition coefficient (Wildman–Crippen LogP) is 3.41. The molecule has 1 saturated carbocycles. The molecular weight excluding hydrogens is 296 g/mol. The molecule has 5 nitrogen and oxygen atoms in total. The highest BCUT2D eigenvalue weighted by molar-refractivity contribution is 7.22. The third-order valence-corrected chi connectivity index (χ3v) is 4.72. The number of rotatable bonds is 3. The number of nitrogens with one attached hydrogen (secondary N) is 1. The molecule has 1 fully saturated rings. The Morgan fingerprint density at radius 1 is 1.36 bits per heavy atom. The first kappa shape index (κ1) is 13.3. The van der Waals surface area contributed by atoms with Gasteiger partial charge >= 0.3 is 0 Å². The quantitative estimate of drug-likeness (QED) is 0.805. The number of aromatic nitrogens is 3.